The molecule has 3 rings (SSSR count). The standard InChI is InChI=1S/C13H15BrN4O/c14-11-5-4-9(15)8-10(11)12-16-13(17-19-12)18-6-2-1-3-7-18/h4-5,8H,1-3,6-7,15H2. The van der Waals surface area contributed by atoms with Gasteiger partial charge >= 0.3 is 0 Å². The van der Waals surface area contributed by atoms with E-state index in [2.05, 4.69) is 31.0 Å². The van der Waals surface area contributed by atoms with Gasteiger partial charge in [-0.15, -0.1) is 0 Å². The van der Waals surface area contributed by atoms with Crippen LogP contribution in [0.5, 0.6) is 0 Å². The van der Waals surface area contributed by atoms with Crippen LogP contribution >= 0.6 is 15.9 Å². The fourth-order valence-corrected chi connectivity index (χ4v) is 2.67. The van der Waals surface area contributed by atoms with Crippen molar-refractivity contribution in [3.05, 3.63) is 22.7 Å². The molecule has 2 N–H and O–H groups in total. The Bertz CT molecular complexity index is 578. The summed E-state index contributed by atoms with van der Waals surface area (Å²) in [5.74, 6) is 1.17. The van der Waals surface area contributed by atoms with Gasteiger partial charge in [-0.1, -0.05) is 0 Å². The zero-order valence-electron chi connectivity index (χ0n) is 10.5. The molecule has 0 aliphatic carbocycles. The first-order valence-electron chi connectivity index (χ1n) is 6.38. The molecule has 0 atom stereocenters. The lowest BCUT2D eigenvalue weighted by Crippen LogP contribution is -2.30. The molecular weight excluding hydrogens is 308 g/mol. The Morgan fingerprint density at radius 2 is 2.00 bits per heavy atom. The first-order chi connectivity index (χ1) is 9.24. The van der Waals surface area contributed by atoms with E-state index in [0.29, 0.717) is 17.5 Å². The Kier molecular flexibility index (Phi) is 3.42. The van der Waals surface area contributed by atoms with Crippen molar-refractivity contribution in [1.29, 1.82) is 0 Å². The van der Waals surface area contributed by atoms with Crippen LogP contribution in [0, 0.1) is 0 Å². The number of hydrogen-bond donors (Lipinski definition) is 1. The summed E-state index contributed by atoms with van der Waals surface area (Å²) in [6.07, 6.45) is 3.65. The van der Waals surface area contributed by atoms with Gasteiger partial charge in [-0.05, 0) is 58.5 Å². The number of nitrogens with two attached hydrogens (primary N) is 1. The summed E-state index contributed by atoms with van der Waals surface area (Å²) in [6.45, 7) is 1.99. The highest BCUT2D eigenvalue weighted by atomic mass is 79.9. The lowest BCUT2D eigenvalue weighted by atomic mass is 10.1. The normalized spacial score (nSPS) is 15.7. The van der Waals surface area contributed by atoms with Gasteiger partial charge in [0.25, 0.3) is 11.8 Å². The van der Waals surface area contributed by atoms with Crippen molar-refractivity contribution in [2.75, 3.05) is 23.7 Å². The molecule has 100 valence electrons. The van der Waals surface area contributed by atoms with Gasteiger partial charge < -0.3 is 15.2 Å². The van der Waals surface area contributed by atoms with Crippen molar-refractivity contribution in [3.63, 3.8) is 0 Å². The van der Waals surface area contributed by atoms with Crippen molar-refractivity contribution in [3.8, 4) is 11.5 Å². The monoisotopic (exact) mass is 322 g/mol. The molecule has 1 aliphatic heterocycles. The summed E-state index contributed by atoms with van der Waals surface area (Å²) < 4.78 is 6.25. The zero-order chi connectivity index (χ0) is 13.2. The average molecular weight is 323 g/mol. The van der Waals surface area contributed by atoms with Crippen molar-refractivity contribution < 1.29 is 4.52 Å². The molecule has 1 saturated heterocycles. The highest BCUT2D eigenvalue weighted by molar-refractivity contribution is 9.10. The van der Waals surface area contributed by atoms with Gasteiger partial charge in [-0.25, -0.2) is 0 Å². The molecule has 1 fully saturated rings. The summed E-state index contributed by atoms with van der Waals surface area (Å²) in [5, 5.41) is 4.07. The van der Waals surface area contributed by atoms with E-state index in [-0.39, 0.29) is 0 Å². The van der Waals surface area contributed by atoms with Crippen LogP contribution in [0.1, 0.15) is 19.3 Å². The number of anilines is 2. The molecule has 2 heterocycles. The molecule has 1 aromatic heterocycles. The van der Waals surface area contributed by atoms with Crippen LogP contribution in [0.4, 0.5) is 11.6 Å². The highest BCUT2D eigenvalue weighted by Gasteiger charge is 2.18. The van der Waals surface area contributed by atoms with Crippen molar-refractivity contribution >= 4 is 27.6 Å². The van der Waals surface area contributed by atoms with E-state index in [4.69, 9.17) is 10.3 Å². The van der Waals surface area contributed by atoms with Crippen LogP contribution in [-0.4, -0.2) is 23.2 Å². The first kappa shape index (κ1) is 12.5. The number of rotatable bonds is 2. The Morgan fingerprint density at radius 1 is 1.21 bits per heavy atom. The summed E-state index contributed by atoms with van der Waals surface area (Å²) in [5.41, 5.74) is 7.30. The molecule has 0 saturated carbocycles. The largest absolute Gasteiger partial charge is 0.399 e. The number of hydrogen-bond acceptors (Lipinski definition) is 5. The average Bonchev–Trinajstić information content (AvgIpc) is 2.92. The smallest absolute Gasteiger partial charge is 0.266 e. The van der Waals surface area contributed by atoms with Gasteiger partial charge in [0.2, 0.25) is 0 Å². The molecule has 2 aromatic rings. The Balaban J connectivity index is 1.89. The highest BCUT2D eigenvalue weighted by Crippen LogP contribution is 2.30. The molecule has 19 heavy (non-hydrogen) atoms. The second kappa shape index (κ2) is 5.21. The summed E-state index contributed by atoms with van der Waals surface area (Å²) >= 11 is 3.48. The van der Waals surface area contributed by atoms with Crippen molar-refractivity contribution in [2.24, 2.45) is 0 Å². The van der Waals surface area contributed by atoms with E-state index in [1.165, 1.54) is 19.3 Å². The second-order valence-electron chi connectivity index (χ2n) is 4.69. The van der Waals surface area contributed by atoms with Crippen LogP contribution < -0.4 is 10.6 Å². The lowest BCUT2D eigenvalue weighted by molar-refractivity contribution is 0.426. The maximum Gasteiger partial charge on any atom is 0.266 e. The van der Waals surface area contributed by atoms with Gasteiger partial charge in [-0.2, -0.15) is 4.98 Å². The minimum absolute atomic E-state index is 0.500. The van der Waals surface area contributed by atoms with E-state index >= 15 is 0 Å². The molecule has 5 nitrogen and oxygen atoms in total. The van der Waals surface area contributed by atoms with Gasteiger partial charge in [0.15, 0.2) is 0 Å². The van der Waals surface area contributed by atoms with E-state index < -0.39 is 0 Å². The Morgan fingerprint density at radius 3 is 2.79 bits per heavy atom. The fourth-order valence-electron chi connectivity index (χ4n) is 2.25. The third kappa shape index (κ3) is 2.58. The Hall–Kier alpha value is -1.56. The molecule has 0 unspecified atom stereocenters. The first-order valence-corrected chi connectivity index (χ1v) is 7.17. The predicted molar refractivity (Wildman–Crippen MR) is 77.9 cm³/mol. The lowest BCUT2D eigenvalue weighted by Gasteiger charge is -2.24. The number of aromatic nitrogens is 2. The maximum atomic E-state index is 5.79. The van der Waals surface area contributed by atoms with Crippen LogP contribution in [-0.2, 0) is 0 Å². The van der Waals surface area contributed by atoms with Gasteiger partial charge in [-0.3, -0.25) is 0 Å². The quantitative estimate of drug-likeness (QED) is 0.860. The summed E-state index contributed by atoms with van der Waals surface area (Å²) in [4.78, 5) is 6.63. The number of benzene rings is 1. The van der Waals surface area contributed by atoms with Gasteiger partial charge in [0, 0.05) is 23.2 Å². The summed E-state index contributed by atoms with van der Waals surface area (Å²) in [7, 11) is 0. The van der Waals surface area contributed by atoms with E-state index in [9.17, 15) is 0 Å². The SMILES string of the molecule is Nc1ccc(Br)c(-c2nc(N3CCCCC3)no2)c1. The predicted octanol–water partition coefficient (Wildman–Crippen LogP) is 3.07. The molecule has 6 heteroatoms. The minimum Gasteiger partial charge on any atom is -0.399 e. The van der Waals surface area contributed by atoms with Crippen molar-refractivity contribution in [1.82, 2.24) is 10.1 Å². The molecule has 1 aliphatic rings. The topological polar surface area (TPSA) is 68.2 Å². The molecule has 0 bridgehead atoms. The molecule has 0 amide bonds. The molecule has 0 spiro atoms. The van der Waals surface area contributed by atoms with Crippen LogP contribution in [0.15, 0.2) is 27.2 Å². The summed E-state index contributed by atoms with van der Waals surface area (Å²) in [6, 6.07) is 5.54. The Labute approximate surface area is 119 Å². The zero-order valence-corrected chi connectivity index (χ0v) is 12.1. The van der Waals surface area contributed by atoms with Crippen molar-refractivity contribution in [2.45, 2.75) is 19.3 Å². The van der Waals surface area contributed by atoms with E-state index in [1.807, 2.05) is 18.2 Å². The van der Waals surface area contributed by atoms with Crippen LogP contribution in [0.25, 0.3) is 11.5 Å². The molecular formula is C13H15BrN4O. The number of piperidine rings is 1. The molecule has 1 aromatic carbocycles. The minimum atomic E-state index is 0.500. The number of nitrogen functional groups attached to an aromatic ring is 1. The van der Waals surface area contributed by atoms with E-state index in [0.717, 1.165) is 23.1 Å². The van der Waals surface area contributed by atoms with Crippen LogP contribution in [0.2, 0.25) is 0 Å². The van der Waals surface area contributed by atoms with Crippen LogP contribution in [0.3, 0.4) is 0 Å². The molecule has 0 radical (unpaired) electrons. The third-order valence-corrected chi connectivity index (χ3v) is 3.97. The van der Waals surface area contributed by atoms with Gasteiger partial charge in [0.05, 0.1) is 5.56 Å². The van der Waals surface area contributed by atoms with E-state index in [1.54, 1.807) is 0 Å². The third-order valence-electron chi connectivity index (χ3n) is 3.28. The number of nitrogens with zero attached hydrogens (tertiary/aromatic N) is 3. The maximum absolute atomic E-state index is 5.79. The number of halogens is 1. The second-order valence-corrected chi connectivity index (χ2v) is 5.54. The fraction of sp³-hybridized carbons (Fsp3) is 0.385. The van der Waals surface area contributed by atoms with Gasteiger partial charge in [0.1, 0.15) is 0 Å².